The van der Waals surface area contributed by atoms with Crippen LogP contribution in [0, 0.1) is 28.5 Å². The van der Waals surface area contributed by atoms with Gasteiger partial charge < -0.3 is 19.7 Å². The van der Waals surface area contributed by atoms with Crippen LogP contribution in [-0.2, 0) is 14.3 Å². The van der Waals surface area contributed by atoms with Crippen LogP contribution < -0.4 is 10.1 Å². The third-order valence-corrected chi connectivity index (χ3v) is 4.28. The Morgan fingerprint density at radius 2 is 1.58 bits per heavy atom. The fourth-order valence-corrected chi connectivity index (χ4v) is 2.68. The number of rotatable bonds is 11. The maximum atomic E-state index is 13.6. The van der Waals surface area contributed by atoms with Gasteiger partial charge in [-0.15, -0.1) is 0 Å². The summed E-state index contributed by atoms with van der Waals surface area (Å²) in [5.41, 5.74) is -0.0146. The molecular weight excluding hydrogens is 431 g/mol. The average molecular weight is 452 g/mol. The van der Waals surface area contributed by atoms with E-state index in [1.807, 2.05) is 12.1 Å². The van der Waals surface area contributed by atoms with Gasteiger partial charge in [-0.3, -0.25) is 9.59 Å². The highest BCUT2D eigenvalue weighted by Gasteiger charge is 2.19. The number of ether oxygens (including phenoxy) is 2. The highest BCUT2D eigenvalue weighted by atomic mass is 19.1. The number of carbonyl (C=O) groups excluding carboxylic acids is 3. The monoisotopic (exact) mass is 452 g/mol. The fraction of sp³-hybridized carbons (Fsp3) is 0.261. The first-order valence-corrected chi connectivity index (χ1v) is 9.91. The van der Waals surface area contributed by atoms with Crippen molar-refractivity contribution < 1.29 is 28.2 Å². The molecule has 0 aliphatic heterocycles. The number of hydrogen-bond acceptors (Lipinski definition) is 7. The molecule has 0 spiro atoms. The third-order valence-electron chi connectivity index (χ3n) is 4.28. The molecule has 0 aromatic heterocycles. The molecule has 1 N–H and O–H groups in total. The lowest BCUT2D eigenvalue weighted by atomic mass is 10.2. The second-order valence-electron chi connectivity index (χ2n) is 6.59. The summed E-state index contributed by atoms with van der Waals surface area (Å²) >= 11 is 0. The van der Waals surface area contributed by atoms with Crippen LogP contribution in [0.1, 0.15) is 23.2 Å². The number of para-hydroxylation sites is 2. The maximum Gasteiger partial charge on any atom is 0.342 e. The fourth-order valence-electron chi connectivity index (χ4n) is 2.68. The molecule has 0 fully saturated rings. The van der Waals surface area contributed by atoms with Gasteiger partial charge in [-0.25, -0.2) is 9.18 Å². The molecule has 0 saturated heterocycles. The number of esters is 1. The topological polar surface area (TPSA) is 133 Å². The standard InChI is InChI=1S/C23H21FN4O5/c24-18-8-2-3-9-19(18)27-21(29)15-32-20-10-4-1-7-17(20)23(31)33-16-22(30)28(13-5-11-25)14-6-12-26/h1-4,7-10H,5-6,13-16H2,(H,27,29). The summed E-state index contributed by atoms with van der Waals surface area (Å²) in [4.78, 5) is 38.1. The maximum absolute atomic E-state index is 13.6. The van der Waals surface area contributed by atoms with Gasteiger partial charge in [0.25, 0.3) is 11.8 Å². The molecule has 10 heteroatoms. The predicted molar refractivity (Wildman–Crippen MR) is 114 cm³/mol. The Hall–Kier alpha value is -4.44. The van der Waals surface area contributed by atoms with Gasteiger partial charge in [0.1, 0.15) is 17.1 Å². The van der Waals surface area contributed by atoms with E-state index in [0.717, 1.165) is 0 Å². The molecule has 2 aromatic carbocycles. The molecular formula is C23H21FN4O5. The van der Waals surface area contributed by atoms with E-state index in [0.29, 0.717) is 0 Å². The molecule has 0 heterocycles. The number of nitriles is 2. The lowest BCUT2D eigenvalue weighted by Crippen LogP contribution is -2.36. The third kappa shape index (κ3) is 7.96. The van der Waals surface area contributed by atoms with Crippen molar-refractivity contribution in [3.05, 3.63) is 59.9 Å². The van der Waals surface area contributed by atoms with E-state index >= 15 is 0 Å². The van der Waals surface area contributed by atoms with Crippen molar-refractivity contribution in [3.8, 4) is 17.9 Å². The SMILES string of the molecule is N#CCCN(CCC#N)C(=O)COC(=O)c1ccccc1OCC(=O)Nc1ccccc1F. The van der Waals surface area contributed by atoms with Crippen LogP contribution in [0.2, 0.25) is 0 Å². The predicted octanol–water partition coefficient (Wildman–Crippen LogP) is 2.66. The van der Waals surface area contributed by atoms with E-state index in [2.05, 4.69) is 5.32 Å². The van der Waals surface area contributed by atoms with E-state index in [1.54, 1.807) is 18.2 Å². The summed E-state index contributed by atoms with van der Waals surface area (Å²) < 4.78 is 24.1. The molecule has 0 aliphatic rings. The molecule has 2 rings (SSSR count). The smallest absolute Gasteiger partial charge is 0.342 e. The minimum absolute atomic E-state index is 0.00495. The van der Waals surface area contributed by atoms with Crippen LogP contribution >= 0.6 is 0 Å². The normalized spacial score (nSPS) is 9.79. The molecule has 0 radical (unpaired) electrons. The van der Waals surface area contributed by atoms with Gasteiger partial charge in [-0.2, -0.15) is 10.5 Å². The summed E-state index contributed by atoms with van der Waals surface area (Å²) in [5, 5.41) is 19.8. The first-order chi connectivity index (χ1) is 16.0. The average Bonchev–Trinajstić information content (AvgIpc) is 2.82. The van der Waals surface area contributed by atoms with Crippen LogP contribution in [0.25, 0.3) is 0 Å². The van der Waals surface area contributed by atoms with Crippen LogP contribution in [0.4, 0.5) is 10.1 Å². The molecule has 2 aromatic rings. The van der Waals surface area contributed by atoms with Crippen molar-refractivity contribution in [2.75, 3.05) is 31.6 Å². The molecule has 0 saturated carbocycles. The first-order valence-electron chi connectivity index (χ1n) is 9.91. The van der Waals surface area contributed by atoms with E-state index in [9.17, 15) is 18.8 Å². The first kappa shape index (κ1) is 24.8. The van der Waals surface area contributed by atoms with E-state index < -0.39 is 36.8 Å². The van der Waals surface area contributed by atoms with Crippen LogP contribution in [0.5, 0.6) is 5.75 Å². The zero-order chi connectivity index (χ0) is 24.1. The summed E-state index contributed by atoms with van der Waals surface area (Å²) in [7, 11) is 0. The molecule has 0 atom stereocenters. The highest BCUT2D eigenvalue weighted by molar-refractivity contribution is 5.95. The van der Waals surface area contributed by atoms with Crippen molar-refractivity contribution in [2.24, 2.45) is 0 Å². The molecule has 0 bridgehead atoms. The van der Waals surface area contributed by atoms with E-state index in [1.165, 1.54) is 35.2 Å². The van der Waals surface area contributed by atoms with Crippen LogP contribution in [0.3, 0.4) is 0 Å². The minimum Gasteiger partial charge on any atom is -0.483 e. The van der Waals surface area contributed by atoms with Crippen molar-refractivity contribution in [1.29, 1.82) is 10.5 Å². The van der Waals surface area contributed by atoms with Gasteiger partial charge in [0.05, 0.1) is 30.7 Å². The Kier molecular flexibility index (Phi) is 9.84. The molecule has 2 amide bonds. The summed E-state index contributed by atoms with van der Waals surface area (Å²) in [6.45, 7) is -0.845. The Morgan fingerprint density at radius 3 is 2.24 bits per heavy atom. The molecule has 170 valence electrons. The highest BCUT2D eigenvalue weighted by Crippen LogP contribution is 2.19. The minimum atomic E-state index is -0.853. The Morgan fingerprint density at radius 1 is 0.939 bits per heavy atom. The number of hydrogen-bond donors (Lipinski definition) is 1. The largest absolute Gasteiger partial charge is 0.483 e. The van der Waals surface area contributed by atoms with Crippen LogP contribution in [-0.4, -0.2) is 49.0 Å². The zero-order valence-corrected chi connectivity index (χ0v) is 17.6. The number of carbonyl (C=O) groups is 3. The lowest BCUT2D eigenvalue weighted by Gasteiger charge is -2.20. The molecule has 0 aliphatic carbocycles. The van der Waals surface area contributed by atoms with Crippen LogP contribution in [0.15, 0.2) is 48.5 Å². The number of anilines is 1. The van der Waals surface area contributed by atoms with E-state index in [4.69, 9.17) is 20.0 Å². The zero-order valence-electron chi connectivity index (χ0n) is 17.6. The van der Waals surface area contributed by atoms with Crippen molar-refractivity contribution in [3.63, 3.8) is 0 Å². The van der Waals surface area contributed by atoms with E-state index in [-0.39, 0.29) is 42.9 Å². The summed E-state index contributed by atoms with van der Waals surface area (Å²) in [6, 6.07) is 15.5. The van der Waals surface area contributed by atoms with Gasteiger partial charge in [0.2, 0.25) is 0 Å². The van der Waals surface area contributed by atoms with Gasteiger partial charge in [0, 0.05) is 13.1 Å². The van der Waals surface area contributed by atoms with Gasteiger partial charge in [-0.05, 0) is 24.3 Å². The quantitative estimate of drug-likeness (QED) is 0.518. The Labute approximate surface area is 189 Å². The number of amides is 2. The number of benzene rings is 2. The Bertz CT molecular complexity index is 1060. The van der Waals surface area contributed by atoms with Crippen molar-refractivity contribution in [1.82, 2.24) is 4.90 Å². The van der Waals surface area contributed by atoms with Crippen molar-refractivity contribution in [2.45, 2.75) is 12.8 Å². The van der Waals surface area contributed by atoms with Gasteiger partial charge in [0.15, 0.2) is 13.2 Å². The number of halogens is 1. The second kappa shape index (κ2) is 13.1. The van der Waals surface area contributed by atoms with Gasteiger partial charge in [-0.1, -0.05) is 24.3 Å². The van der Waals surface area contributed by atoms with Gasteiger partial charge >= 0.3 is 5.97 Å². The second-order valence-corrected chi connectivity index (χ2v) is 6.59. The molecule has 33 heavy (non-hydrogen) atoms. The summed E-state index contributed by atoms with van der Waals surface area (Å²) in [6.07, 6.45) is 0.160. The summed E-state index contributed by atoms with van der Waals surface area (Å²) in [5.74, 6) is -2.59. The number of nitrogens with zero attached hydrogens (tertiary/aromatic N) is 3. The van der Waals surface area contributed by atoms with Crippen molar-refractivity contribution >= 4 is 23.5 Å². The lowest BCUT2D eigenvalue weighted by molar-refractivity contribution is -0.134. The Balaban J connectivity index is 1.95. The number of nitrogens with one attached hydrogen (secondary N) is 1. The molecule has 0 unspecified atom stereocenters. The molecule has 9 nitrogen and oxygen atoms in total.